The van der Waals surface area contributed by atoms with Gasteiger partial charge in [0, 0.05) is 12.8 Å². The van der Waals surface area contributed by atoms with Gasteiger partial charge in [0.1, 0.15) is 19.0 Å². The number of nitrogen functional groups attached to an aromatic ring is 1. The Morgan fingerprint density at radius 1 is 1.38 bits per heavy atom. The lowest BCUT2D eigenvalue weighted by molar-refractivity contribution is -0.124. The zero-order chi connectivity index (χ0) is 11.8. The average molecular weight is 224 g/mol. The van der Waals surface area contributed by atoms with Crippen molar-refractivity contribution in [2.24, 2.45) is 0 Å². The van der Waals surface area contributed by atoms with E-state index in [2.05, 4.69) is 10.1 Å². The first-order valence-corrected chi connectivity index (χ1v) is 4.96. The van der Waals surface area contributed by atoms with E-state index in [1.165, 1.54) is 7.11 Å². The second-order valence-electron chi connectivity index (χ2n) is 3.20. The molecule has 88 valence electrons. The summed E-state index contributed by atoms with van der Waals surface area (Å²) in [4.78, 5) is 11.0. The molecule has 1 aromatic carbocycles. The smallest absolute Gasteiger partial charge is 0.246 e. The van der Waals surface area contributed by atoms with E-state index in [4.69, 9.17) is 10.5 Å². The SMILES string of the molecule is COCC(=O)NCCOc1ccc(N)cc1. The number of rotatable bonds is 6. The van der Waals surface area contributed by atoms with E-state index in [0.717, 1.165) is 5.75 Å². The summed E-state index contributed by atoms with van der Waals surface area (Å²) in [5, 5.41) is 2.65. The Bertz CT molecular complexity index is 325. The minimum absolute atomic E-state index is 0.0713. The zero-order valence-corrected chi connectivity index (χ0v) is 9.23. The summed E-state index contributed by atoms with van der Waals surface area (Å²) in [5.41, 5.74) is 6.22. The molecule has 5 heteroatoms. The second-order valence-corrected chi connectivity index (χ2v) is 3.20. The van der Waals surface area contributed by atoms with Crippen LogP contribution in [0, 0.1) is 0 Å². The van der Waals surface area contributed by atoms with Gasteiger partial charge in [-0.25, -0.2) is 0 Å². The first kappa shape index (κ1) is 12.3. The van der Waals surface area contributed by atoms with Crippen molar-refractivity contribution in [2.45, 2.75) is 0 Å². The van der Waals surface area contributed by atoms with E-state index in [9.17, 15) is 4.79 Å². The number of carbonyl (C=O) groups excluding carboxylic acids is 1. The Labute approximate surface area is 94.5 Å². The maximum Gasteiger partial charge on any atom is 0.246 e. The van der Waals surface area contributed by atoms with Crippen LogP contribution >= 0.6 is 0 Å². The van der Waals surface area contributed by atoms with Crippen molar-refractivity contribution in [3.8, 4) is 5.75 Å². The van der Waals surface area contributed by atoms with Crippen LogP contribution in [0.15, 0.2) is 24.3 Å². The Balaban J connectivity index is 2.16. The minimum atomic E-state index is -0.150. The molecule has 5 nitrogen and oxygen atoms in total. The molecule has 0 aliphatic heterocycles. The summed E-state index contributed by atoms with van der Waals surface area (Å²) in [6.07, 6.45) is 0. The van der Waals surface area contributed by atoms with Crippen LogP contribution in [0.4, 0.5) is 5.69 Å². The standard InChI is InChI=1S/C11H16N2O3/c1-15-8-11(14)13-6-7-16-10-4-2-9(12)3-5-10/h2-5H,6-8,12H2,1H3,(H,13,14). The summed E-state index contributed by atoms with van der Waals surface area (Å²) in [6, 6.07) is 7.09. The number of amides is 1. The zero-order valence-electron chi connectivity index (χ0n) is 9.23. The lowest BCUT2D eigenvalue weighted by Crippen LogP contribution is -2.30. The highest BCUT2D eigenvalue weighted by molar-refractivity contribution is 5.77. The third-order valence-electron chi connectivity index (χ3n) is 1.85. The summed E-state index contributed by atoms with van der Waals surface area (Å²) < 4.78 is 10.0. The number of anilines is 1. The van der Waals surface area contributed by atoms with Gasteiger partial charge in [-0.15, -0.1) is 0 Å². The molecule has 0 radical (unpaired) electrons. The molecular formula is C11H16N2O3. The van der Waals surface area contributed by atoms with Crippen LogP contribution in [0.5, 0.6) is 5.75 Å². The van der Waals surface area contributed by atoms with Crippen molar-refractivity contribution >= 4 is 11.6 Å². The maximum absolute atomic E-state index is 11.0. The highest BCUT2D eigenvalue weighted by atomic mass is 16.5. The molecular weight excluding hydrogens is 208 g/mol. The number of ether oxygens (including phenoxy) is 2. The van der Waals surface area contributed by atoms with Gasteiger partial charge in [0.25, 0.3) is 0 Å². The molecule has 16 heavy (non-hydrogen) atoms. The molecule has 0 saturated heterocycles. The predicted molar refractivity (Wildman–Crippen MR) is 61.2 cm³/mol. The van der Waals surface area contributed by atoms with Crippen molar-refractivity contribution in [1.82, 2.24) is 5.32 Å². The number of hydrogen-bond acceptors (Lipinski definition) is 4. The molecule has 0 aliphatic carbocycles. The van der Waals surface area contributed by atoms with E-state index in [0.29, 0.717) is 18.8 Å². The van der Waals surface area contributed by atoms with Crippen LogP contribution in [-0.2, 0) is 9.53 Å². The van der Waals surface area contributed by atoms with Gasteiger partial charge in [0.2, 0.25) is 5.91 Å². The van der Waals surface area contributed by atoms with Crippen molar-refractivity contribution < 1.29 is 14.3 Å². The second kappa shape index (κ2) is 6.68. The van der Waals surface area contributed by atoms with Crippen LogP contribution in [0.25, 0.3) is 0 Å². The van der Waals surface area contributed by atoms with Gasteiger partial charge in [-0.3, -0.25) is 4.79 Å². The molecule has 1 amide bonds. The molecule has 0 aromatic heterocycles. The van der Waals surface area contributed by atoms with Gasteiger partial charge >= 0.3 is 0 Å². The Kier molecular flexibility index (Phi) is 5.15. The van der Waals surface area contributed by atoms with Gasteiger partial charge in [0.05, 0.1) is 6.54 Å². The lowest BCUT2D eigenvalue weighted by atomic mass is 10.3. The normalized spacial score (nSPS) is 9.81. The summed E-state index contributed by atoms with van der Waals surface area (Å²) in [7, 11) is 1.48. The number of benzene rings is 1. The molecule has 0 atom stereocenters. The largest absolute Gasteiger partial charge is 0.492 e. The summed E-state index contributed by atoms with van der Waals surface area (Å²) in [6.45, 7) is 0.938. The van der Waals surface area contributed by atoms with Gasteiger partial charge in [0.15, 0.2) is 0 Å². The molecule has 0 heterocycles. The Hall–Kier alpha value is -1.75. The molecule has 0 aliphatic rings. The van der Waals surface area contributed by atoms with Crippen LogP contribution < -0.4 is 15.8 Å². The molecule has 0 unspecified atom stereocenters. The van der Waals surface area contributed by atoms with Crippen LogP contribution in [0.1, 0.15) is 0 Å². The summed E-state index contributed by atoms with van der Waals surface area (Å²) >= 11 is 0. The minimum Gasteiger partial charge on any atom is -0.492 e. The Morgan fingerprint density at radius 2 is 2.06 bits per heavy atom. The van der Waals surface area contributed by atoms with Gasteiger partial charge in [-0.2, -0.15) is 0 Å². The van der Waals surface area contributed by atoms with Crippen molar-refractivity contribution in [1.29, 1.82) is 0 Å². The molecule has 0 saturated carbocycles. The molecule has 0 fully saturated rings. The monoisotopic (exact) mass is 224 g/mol. The molecule has 0 bridgehead atoms. The van der Waals surface area contributed by atoms with Crippen LogP contribution in [0.3, 0.4) is 0 Å². The maximum atomic E-state index is 11.0. The van der Waals surface area contributed by atoms with Crippen molar-refractivity contribution in [3.63, 3.8) is 0 Å². The summed E-state index contributed by atoms with van der Waals surface area (Å²) in [5.74, 6) is 0.582. The fraction of sp³-hybridized carbons (Fsp3) is 0.364. The number of nitrogens with one attached hydrogen (secondary N) is 1. The quantitative estimate of drug-likeness (QED) is 0.542. The average Bonchev–Trinajstić information content (AvgIpc) is 2.27. The van der Waals surface area contributed by atoms with Gasteiger partial charge in [-0.05, 0) is 24.3 Å². The predicted octanol–water partition coefficient (Wildman–Crippen LogP) is 0.410. The highest BCUT2D eigenvalue weighted by Gasteiger charge is 1.98. The fourth-order valence-corrected chi connectivity index (χ4v) is 1.11. The Morgan fingerprint density at radius 3 is 2.69 bits per heavy atom. The first-order chi connectivity index (χ1) is 7.72. The van der Waals surface area contributed by atoms with Crippen molar-refractivity contribution in [3.05, 3.63) is 24.3 Å². The number of nitrogens with two attached hydrogens (primary N) is 1. The van der Waals surface area contributed by atoms with Crippen LogP contribution in [0.2, 0.25) is 0 Å². The van der Waals surface area contributed by atoms with Gasteiger partial charge in [-0.1, -0.05) is 0 Å². The van der Waals surface area contributed by atoms with E-state index in [1.807, 2.05) is 0 Å². The number of carbonyl (C=O) groups is 1. The third-order valence-corrected chi connectivity index (χ3v) is 1.85. The molecule has 1 rings (SSSR count). The fourth-order valence-electron chi connectivity index (χ4n) is 1.11. The highest BCUT2D eigenvalue weighted by Crippen LogP contribution is 2.12. The lowest BCUT2D eigenvalue weighted by Gasteiger charge is -2.07. The number of methoxy groups -OCH3 is 1. The van der Waals surface area contributed by atoms with Crippen LogP contribution in [-0.4, -0.2) is 32.8 Å². The van der Waals surface area contributed by atoms with Crippen molar-refractivity contribution in [2.75, 3.05) is 32.6 Å². The van der Waals surface area contributed by atoms with E-state index >= 15 is 0 Å². The first-order valence-electron chi connectivity index (χ1n) is 4.96. The molecule has 1 aromatic rings. The van der Waals surface area contributed by atoms with E-state index in [-0.39, 0.29) is 12.5 Å². The third kappa shape index (κ3) is 4.65. The topological polar surface area (TPSA) is 73.6 Å². The van der Waals surface area contributed by atoms with E-state index in [1.54, 1.807) is 24.3 Å². The van der Waals surface area contributed by atoms with E-state index < -0.39 is 0 Å². The number of hydrogen-bond donors (Lipinski definition) is 2. The van der Waals surface area contributed by atoms with Gasteiger partial charge < -0.3 is 20.5 Å². The molecule has 0 spiro atoms. The molecule has 3 N–H and O–H groups in total.